The van der Waals surface area contributed by atoms with Crippen molar-refractivity contribution in [1.29, 1.82) is 0 Å². The molecule has 0 bridgehead atoms. The molecular weight excluding hydrogens is 460 g/mol. The Morgan fingerprint density at radius 2 is 1.79 bits per heavy atom. The highest BCUT2D eigenvalue weighted by Crippen LogP contribution is 2.44. The molecule has 4 rings (SSSR count). The number of aromatic nitrogens is 2. The van der Waals surface area contributed by atoms with Crippen molar-refractivity contribution >= 4 is 5.70 Å². The maximum Gasteiger partial charge on any atom is 0.213 e. The van der Waals surface area contributed by atoms with Crippen LogP contribution < -0.4 is 9.13 Å². The van der Waals surface area contributed by atoms with Crippen LogP contribution in [0.25, 0.3) is 17.0 Å². The van der Waals surface area contributed by atoms with Gasteiger partial charge in [-0.2, -0.15) is 9.13 Å². The quantitative estimate of drug-likeness (QED) is 0.191. The van der Waals surface area contributed by atoms with E-state index in [2.05, 4.69) is 131 Å². The van der Waals surface area contributed by atoms with E-state index in [0.717, 1.165) is 12.8 Å². The van der Waals surface area contributed by atoms with E-state index in [1.54, 1.807) is 0 Å². The molecule has 4 unspecified atom stereocenters. The number of pyridine rings is 2. The molecule has 0 fully saturated rings. The maximum absolute atomic E-state index is 4.83. The zero-order valence-corrected chi connectivity index (χ0v) is 24.7. The molecule has 0 aliphatic carbocycles. The number of nitrogens with zero attached hydrogens (tertiary/aromatic N) is 2. The first-order valence-electron chi connectivity index (χ1n) is 14.7. The van der Waals surface area contributed by atoms with Crippen molar-refractivity contribution in [3.8, 4) is 11.3 Å². The standard InChI is InChI=1S/C36H48N2/c1-9-15-30(26(5)10-2)19-20-35-36(29(8)38-24-31(22-25(3)4)27(6)23-28(38)7)33-17-12-11-16-32(33)34-18-13-14-21-37(34)35/h9,11-18,21,23-26,30,35-36H,8,10,19-20,22H2,1-7H3/q+2/b15-9-. The number of fused-ring (bicyclic) bond motifs is 3. The third-order valence-corrected chi connectivity index (χ3v) is 8.71. The summed E-state index contributed by atoms with van der Waals surface area (Å²) in [5.74, 6) is 2.09. The molecule has 0 spiro atoms. The van der Waals surface area contributed by atoms with Gasteiger partial charge in [0.2, 0.25) is 5.69 Å². The fraction of sp³-hybridized carbons (Fsp3) is 0.444. The third-order valence-electron chi connectivity index (χ3n) is 8.71. The van der Waals surface area contributed by atoms with Crippen LogP contribution in [-0.2, 0) is 6.42 Å². The summed E-state index contributed by atoms with van der Waals surface area (Å²) >= 11 is 0. The second-order valence-corrected chi connectivity index (χ2v) is 11.9. The van der Waals surface area contributed by atoms with Crippen LogP contribution in [0.3, 0.4) is 0 Å². The van der Waals surface area contributed by atoms with Crippen LogP contribution in [-0.4, -0.2) is 0 Å². The molecule has 1 aliphatic rings. The van der Waals surface area contributed by atoms with Gasteiger partial charge in [-0.25, -0.2) is 0 Å². The molecular formula is C36H48N2+2. The molecule has 0 amide bonds. The van der Waals surface area contributed by atoms with Gasteiger partial charge in [-0.05, 0) is 74.3 Å². The largest absolute Gasteiger partial charge is 0.213 e. The van der Waals surface area contributed by atoms with E-state index in [9.17, 15) is 0 Å². The van der Waals surface area contributed by atoms with Crippen LogP contribution >= 0.6 is 0 Å². The van der Waals surface area contributed by atoms with Crippen LogP contribution in [0.4, 0.5) is 0 Å². The Balaban J connectivity index is 1.83. The lowest BCUT2D eigenvalue weighted by atomic mass is 9.77. The number of rotatable bonds is 10. The summed E-state index contributed by atoms with van der Waals surface area (Å²) in [7, 11) is 0. The van der Waals surface area contributed by atoms with E-state index < -0.39 is 0 Å². The summed E-state index contributed by atoms with van der Waals surface area (Å²) in [4.78, 5) is 0. The fourth-order valence-corrected chi connectivity index (χ4v) is 6.48. The molecule has 0 saturated carbocycles. The smallest absolute Gasteiger partial charge is 0.194 e. The van der Waals surface area contributed by atoms with Gasteiger partial charge < -0.3 is 0 Å². The van der Waals surface area contributed by atoms with Gasteiger partial charge in [0.05, 0.1) is 5.56 Å². The number of allylic oxidation sites excluding steroid dienone is 3. The maximum atomic E-state index is 4.83. The van der Waals surface area contributed by atoms with Crippen molar-refractivity contribution in [2.24, 2.45) is 17.8 Å². The molecule has 2 nitrogen and oxygen atoms in total. The molecule has 3 aromatic rings. The molecule has 2 heteroatoms. The van der Waals surface area contributed by atoms with E-state index in [0.29, 0.717) is 23.8 Å². The summed E-state index contributed by atoms with van der Waals surface area (Å²) in [6.45, 7) is 20.8. The molecule has 0 saturated heterocycles. The van der Waals surface area contributed by atoms with Crippen LogP contribution in [0, 0.1) is 31.6 Å². The Labute approximate surface area is 231 Å². The number of aryl methyl sites for hydroxylation is 2. The molecule has 3 heterocycles. The minimum absolute atomic E-state index is 0.201. The van der Waals surface area contributed by atoms with E-state index in [1.165, 1.54) is 52.2 Å². The van der Waals surface area contributed by atoms with Gasteiger partial charge in [-0.3, -0.25) is 0 Å². The average Bonchev–Trinajstić information content (AvgIpc) is 2.91. The zero-order valence-electron chi connectivity index (χ0n) is 24.7. The van der Waals surface area contributed by atoms with Gasteiger partial charge in [-0.1, -0.05) is 64.5 Å². The number of hydrogen-bond acceptors (Lipinski definition) is 0. The lowest BCUT2D eigenvalue weighted by molar-refractivity contribution is -0.721. The highest BCUT2D eigenvalue weighted by molar-refractivity contribution is 5.67. The second kappa shape index (κ2) is 12.2. The Hall–Kier alpha value is -3.00. The Kier molecular flexibility index (Phi) is 9.03. The van der Waals surface area contributed by atoms with Gasteiger partial charge >= 0.3 is 0 Å². The monoisotopic (exact) mass is 508 g/mol. The number of hydrogen-bond donors (Lipinski definition) is 0. The summed E-state index contributed by atoms with van der Waals surface area (Å²) in [5, 5.41) is 0. The van der Waals surface area contributed by atoms with Crippen molar-refractivity contribution in [2.45, 2.75) is 86.1 Å². The van der Waals surface area contributed by atoms with E-state index >= 15 is 0 Å². The molecule has 38 heavy (non-hydrogen) atoms. The van der Waals surface area contributed by atoms with Crippen molar-refractivity contribution in [1.82, 2.24) is 0 Å². The van der Waals surface area contributed by atoms with Crippen LogP contribution in [0.5, 0.6) is 0 Å². The van der Waals surface area contributed by atoms with Crippen LogP contribution in [0.15, 0.2) is 79.7 Å². The Bertz CT molecular complexity index is 1300. The predicted molar refractivity (Wildman–Crippen MR) is 161 cm³/mol. The van der Waals surface area contributed by atoms with Crippen molar-refractivity contribution in [2.75, 3.05) is 0 Å². The summed E-state index contributed by atoms with van der Waals surface area (Å²) in [6, 6.07) is 18.3. The second-order valence-electron chi connectivity index (χ2n) is 11.9. The highest BCUT2D eigenvalue weighted by Gasteiger charge is 2.45. The zero-order chi connectivity index (χ0) is 27.4. The summed E-state index contributed by atoms with van der Waals surface area (Å²) in [5.41, 5.74) is 9.28. The van der Waals surface area contributed by atoms with Gasteiger partial charge in [0.1, 0.15) is 5.92 Å². The third kappa shape index (κ3) is 5.70. The van der Waals surface area contributed by atoms with Crippen LogP contribution in [0.2, 0.25) is 0 Å². The first-order chi connectivity index (χ1) is 18.3. The lowest BCUT2D eigenvalue weighted by Crippen LogP contribution is -2.51. The van der Waals surface area contributed by atoms with Gasteiger partial charge in [0, 0.05) is 37.1 Å². The van der Waals surface area contributed by atoms with Gasteiger partial charge in [0.15, 0.2) is 29.8 Å². The topological polar surface area (TPSA) is 7.76 Å². The number of benzene rings is 1. The Morgan fingerprint density at radius 3 is 2.50 bits per heavy atom. The van der Waals surface area contributed by atoms with Gasteiger partial charge in [-0.15, -0.1) is 0 Å². The first-order valence-corrected chi connectivity index (χ1v) is 14.7. The lowest BCUT2D eigenvalue weighted by Gasteiger charge is -2.31. The van der Waals surface area contributed by atoms with E-state index in [4.69, 9.17) is 6.58 Å². The molecule has 2 aromatic heterocycles. The minimum Gasteiger partial charge on any atom is -0.194 e. The summed E-state index contributed by atoms with van der Waals surface area (Å²) < 4.78 is 4.94. The molecule has 0 radical (unpaired) electrons. The van der Waals surface area contributed by atoms with Crippen molar-refractivity contribution in [3.63, 3.8) is 0 Å². The molecule has 4 atom stereocenters. The minimum atomic E-state index is 0.201. The normalized spacial score (nSPS) is 18.3. The fourth-order valence-electron chi connectivity index (χ4n) is 6.48. The average molecular weight is 509 g/mol. The molecule has 0 N–H and O–H groups in total. The summed E-state index contributed by atoms with van der Waals surface area (Å²) in [6.07, 6.45) is 13.9. The highest BCUT2D eigenvalue weighted by atomic mass is 15.1. The van der Waals surface area contributed by atoms with E-state index in [1.807, 2.05) is 0 Å². The molecule has 200 valence electrons. The Morgan fingerprint density at radius 1 is 1.05 bits per heavy atom. The molecule has 1 aliphatic heterocycles. The van der Waals surface area contributed by atoms with Crippen molar-refractivity contribution < 1.29 is 9.13 Å². The van der Waals surface area contributed by atoms with E-state index in [-0.39, 0.29) is 5.92 Å². The van der Waals surface area contributed by atoms with Crippen molar-refractivity contribution in [3.05, 3.63) is 102 Å². The molecule has 1 aromatic carbocycles. The van der Waals surface area contributed by atoms with Crippen LogP contribution in [0.1, 0.15) is 88.2 Å². The van der Waals surface area contributed by atoms with Gasteiger partial charge in [0.25, 0.3) is 0 Å². The SMILES string of the molecule is C=C(C1c2ccccc2-c2cccc[n+]2C1CCC(/C=C\C)C(C)CC)[n+]1cc(CC(C)C)c(C)cc1C. The first kappa shape index (κ1) is 28.0. The predicted octanol–water partition coefficient (Wildman–Crippen LogP) is 8.57.